The van der Waals surface area contributed by atoms with Crippen LogP contribution in [0.1, 0.15) is 37.8 Å². The molecule has 0 atom stereocenters. The number of fused-ring (bicyclic) bond motifs is 1. The monoisotopic (exact) mass is 656 g/mol. The molecule has 3 aromatic heterocycles. The highest BCUT2D eigenvalue weighted by Gasteiger charge is 2.53. The maximum Gasteiger partial charge on any atom is 0.422 e. The Hall–Kier alpha value is -3.92. The van der Waals surface area contributed by atoms with Crippen molar-refractivity contribution in [2.75, 3.05) is 0 Å². The molecule has 5 rings (SSSR count). The average Bonchev–Trinajstić information content (AvgIpc) is 3.54. The number of rotatable bonds is 7. The van der Waals surface area contributed by atoms with E-state index in [1.165, 1.54) is 24.0 Å². The highest BCUT2D eigenvalue weighted by atomic mass is 32.1. The number of nitrogens with zero attached hydrogens (tertiary/aromatic N) is 4. The number of carbonyl (C=O) groups is 2. The summed E-state index contributed by atoms with van der Waals surface area (Å²) in [4.78, 5) is 55.4. The van der Waals surface area contributed by atoms with E-state index >= 15 is 4.39 Å². The third-order valence-electron chi connectivity index (χ3n) is 7.88. The van der Waals surface area contributed by atoms with Crippen molar-refractivity contribution in [3.8, 4) is 11.3 Å². The second-order valence-electron chi connectivity index (χ2n) is 10.8. The smallest absolute Gasteiger partial charge is 0.422 e. The number of thiazole rings is 1. The standard InChI is InChI=1S/C28H25F5N4O5S2/c1-13(2)27(7-8-27)24(40)42-12-37-17(15-5-6-16(29)20(21(15)30)28(31,32)33)11-44-25(37)34-18(38)9-14-10-43-23-19(14)22(39)35(3)26(41)36(23)4/h5-6,10-11,13H,7-9,12H2,1-4H3. The Labute approximate surface area is 253 Å². The summed E-state index contributed by atoms with van der Waals surface area (Å²) < 4.78 is 78.4. The molecule has 4 aromatic rings. The molecule has 1 aliphatic rings. The molecule has 1 aliphatic carbocycles. The number of aryl methyl sites for hydroxylation is 1. The van der Waals surface area contributed by atoms with Gasteiger partial charge in [0.15, 0.2) is 11.5 Å². The minimum Gasteiger partial charge on any atom is -0.443 e. The van der Waals surface area contributed by atoms with Crippen LogP contribution in [0.3, 0.4) is 0 Å². The van der Waals surface area contributed by atoms with Crippen molar-refractivity contribution in [2.24, 2.45) is 30.4 Å². The van der Waals surface area contributed by atoms with E-state index in [9.17, 15) is 36.7 Å². The van der Waals surface area contributed by atoms with Crippen molar-refractivity contribution in [1.29, 1.82) is 0 Å². The van der Waals surface area contributed by atoms with Gasteiger partial charge in [0.2, 0.25) is 0 Å². The maximum absolute atomic E-state index is 15.2. The molecule has 0 spiro atoms. The Balaban J connectivity index is 1.58. The zero-order valence-electron chi connectivity index (χ0n) is 23.8. The van der Waals surface area contributed by atoms with E-state index in [4.69, 9.17) is 4.74 Å². The number of ether oxygens (including phenoxy) is 1. The van der Waals surface area contributed by atoms with E-state index in [1.807, 2.05) is 13.8 Å². The summed E-state index contributed by atoms with van der Waals surface area (Å²) in [6.07, 6.45) is -4.54. The van der Waals surface area contributed by atoms with Crippen LogP contribution in [-0.4, -0.2) is 25.6 Å². The Morgan fingerprint density at radius 3 is 2.36 bits per heavy atom. The molecule has 44 heavy (non-hydrogen) atoms. The lowest BCUT2D eigenvalue weighted by molar-refractivity contribution is -0.156. The van der Waals surface area contributed by atoms with E-state index in [2.05, 4.69) is 4.99 Å². The Morgan fingerprint density at radius 1 is 1.07 bits per heavy atom. The molecule has 1 fully saturated rings. The van der Waals surface area contributed by atoms with E-state index in [0.29, 0.717) is 29.3 Å². The van der Waals surface area contributed by atoms with Crippen LogP contribution in [0.25, 0.3) is 21.5 Å². The van der Waals surface area contributed by atoms with Crippen LogP contribution in [0.5, 0.6) is 0 Å². The molecule has 0 bridgehead atoms. The highest BCUT2D eigenvalue weighted by Crippen LogP contribution is 2.52. The zero-order valence-corrected chi connectivity index (χ0v) is 25.4. The van der Waals surface area contributed by atoms with Crippen LogP contribution >= 0.6 is 22.7 Å². The van der Waals surface area contributed by atoms with Crippen molar-refractivity contribution < 1.29 is 36.3 Å². The average molecular weight is 657 g/mol. The number of hydrogen-bond donors (Lipinski definition) is 0. The number of thiophene rings is 1. The van der Waals surface area contributed by atoms with Gasteiger partial charge in [0.05, 0.1) is 22.9 Å². The summed E-state index contributed by atoms with van der Waals surface area (Å²) in [6, 6.07) is 1.30. The van der Waals surface area contributed by atoms with Gasteiger partial charge in [-0.1, -0.05) is 13.8 Å². The predicted octanol–water partition coefficient (Wildman–Crippen LogP) is 4.73. The summed E-state index contributed by atoms with van der Waals surface area (Å²) >= 11 is 1.86. The van der Waals surface area contributed by atoms with Crippen LogP contribution < -0.4 is 16.1 Å². The summed E-state index contributed by atoms with van der Waals surface area (Å²) in [5, 5.41) is 2.92. The van der Waals surface area contributed by atoms with Crippen molar-refractivity contribution in [2.45, 2.75) is 46.0 Å². The third-order valence-corrected chi connectivity index (χ3v) is 9.85. The molecular formula is C28H25F5N4O5S2. The molecular weight excluding hydrogens is 631 g/mol. The van der Waals surface area contributed by atoms with Gasteiger partial charge in [0.1, 0.15) is 22.0 Å². The first-order valence-electron chi connectivity index (χ1n) is 13.2. The number of aromatic nitrogens is 3. The van der Waals surface area contributed by atoms with Crippen molar-refractivity contribution in [3.63, 3.8) is 0 Å². The molecule has 0 saturated heterocycles. The zero-order chi connectivity index (χ0) is 32.3. The fourth-order valence-electron chi connectivity index (χ4n) is 5.05. The molecule has 3 heterocycles. The minimum atomic E-state index is -5.33. The lowest BCUT2D eigenvalue weighted by Gasteiger charge is -2.19. The Bertz CT molecular complexity index is 2010. The first kappa shape index (κ1) is 31.5. The van der Waals surface area contributed by atoms with Crippen molar-refractivity contribution in [1.82, 2.24) is 13.7 Å². The number of alkyl halides is 3. The lowest BCUT2D eigenvalue weighted by Crippen LogP contribution is -2.36. The van der Waals surface area contributed by atoms with Gasteiger partial charge in [-0.2, -0.15) is 18.2 Å². The van der Waals surface area contributed by atoms with Gasteiger partial charge in [0.25, 0.3) is 11.5 Å². The van der Waals surface area contributed by atoms with Crippen LogP contribution in [-0.2, 0) is 47.7 Å². The first-order chi connectivity index (χ1) is 20.6. The fourth-order valence-corrected chi connectivity index (χ4v) is 6.98. The molecule has 0 aliphatic heterocycles. The van der Waals surface area contributed by atoms with Crippen LogP contribution in [0, 0.1) is 23.0 Å². The second-order valence-corrected chi connectivity index (χ2v) is 12.5. The van der Waals surface area contributed by atoms with Gasteiger partial charge >= 0.3 is 17.8 Å². The topological polar surface area (TPSA) is 105 Å². The Kier molecular flexibility index (Phi) is 8.03. The SMILES string of the molecule is CC(C)C1(C(=O)OCn2c(-c3ccc(F)c(C(F)(F)F)c3F)csc2=NC(=O)Cc2csc3c2c(=O)n(C)c(=O)n3C)CC1. The minimum absolute atomic E-state index is 0.0517. The number of hydrogen-bond acceptors (Lipinski definition) is 7. The number of amides is 1. The molecule has 0 unspecified atom stereocenters. The summed E-state index contributed by atoms with van der Waals surface area (Å²) in [5.74, 6) is -5.06. The summed E-state index contributed by atoms with van der Waals surface area (Å²) in [5.41, 5.74) is -4.51. The van der Waals surface area contributed by atoms with Gasteiger partial charge < -0.3 is 4.74 Å². The van der Waals surface area contributed by atoms with Crippen molar-refractivity contribution >= 4 is 44.8 Å². The molecule has 1 saturated carbocycles. The van der Waals surface area contributed by atoms with E-state index < -0.39 is 64.2 Å². The lowest BCUT2D eigenvalue weighted by atomic mass is 9.93. The third kappa shape index (κ3) is 5.33. The predicted molar refractivity (Wildman–Crippen MR) is 152 cm³/mol. The van der Waals surface area contributed by atoms with Crippen LogP contribution in [0.2, 0.25) is 0 Å². The van der Waals surface area contributed by atoms with E-state index in [-0.39, 0.29) is 28.2 Å². The second kappa shape index (κ2) is 11.2. The highest BCUT2D eigenvalue weighted by molar-refractivity contribution is 7.17. The largest absolute Gasteiger partial charge is 0.443 e. The van der Waals surface area contributed by atoms with Crippen LogP contribution in [0.15, 0.2) is 37.5 Å². The molecule has 0 N–H and O–H groups in total. The molecule has 1 aromatic carbocycles. The van der Waals surface area contributed by atoms with Gasteiger partial charge in [-0.05, 0) is 41.8 Å². The Morgan fingerprint density at radius 2 is 1.75 bits per heavy atom. The van der Waals surface area contributed by atoms with E-state index in [1.54, 1.807) is 5.38 Å². The fraction of sp³-hybridized carbons (Fsp3) is 0.393. The van der Waals surface area contributed by atoms with Crippen LogP contribution in [0.4, 0.5) is 22.0 Å². The quantitative estimate of drug-likeness (QED) is 0.211. The number of carbonyl (C=O) groups excluding carboxylic acids is 2. The molecule has 0 radical (unpaired) electrons. The van der Waals surface area contributed by atoms with Gasteiger partial charge in [0, 0.05) is 25.0 Å². The van der Waals surface area contributed by atoms with Gasteiger partial charge in [-0.25, -0.2) is 13.6 Å². The van der Waals surface area contributed by atoms with Gasteiger partial charge in [-0.15, -0.1) is 22.7 Å². The summed E-state index contributed by atoms with van der Waals surface area (Å²) in [7, 11) is 2.79. The normalized spacial score (nSPS) is 14.9. The number of halogens is 5. The molecule has 234 valence electrons. The summed E-state index contributed by atoms with van der Waals surface area (Å²) in [6.45, 7) is 3.09. The molecule has 16 heteroatoms. The number of esters is 1. The first-order valence-corrected chi connectivity index (χ1v) is 15.0. The molecule has 1 amide bonds. The number of benzene rings is 1. The van der Waals surface area contributed by atoms with Crippen molar-refractivity contribution in [3.05, 3.63) is 71.3 Å². The van der Waals surface area contributed by atoms with Gasteiger partial charge in [-0.3, -0.25) is 28.1 Å². The molecule has 9 nitrogen and oxygen atoms in total. The maximum atomic E-state index is 15.2. The van der Waals surface area contributed by atoms with E-state index in [0.717, 1.165) is 37.9 Å².